The third-order valence-corrected chi connectivity index (χ3v) is 2.86. The first-order valence-electron chi connectivity index (χ1n) is 5.92. The van der Waals surface area contributed by atoms with E-state index in [1.165, 1.54) is 36.7 Å². The Balaban J connectivity index is 2.31. The minimum atomic E-state index is -0.704. The molecule has 0 saturated heterocycles. The van der Waals surface area contributed by atoms with Crippen LogP contribution in [0.5, 0.6) is 0 Å². The van der Waals surface area contributed by atoms with Crippen LogP contribution in [0.1, 0.15) is 15.9 Å². The van der Waals surface area contributed by atoms with Gasteiger partial charge in [-0.15, -0.1) is 0 Å². The summed E-state index contributed by atoms with van der Waals surface area (Å²) in [7, 11) is 0. The van der Waals surface area contributed by atoms with Crippen LogP contribution in [0, 0.1) is 17.7 Å². The van der Waals surface area contributed by atoms with Gasteiger partial charge in [-0.2, -0.15) is 0 Å². The van der Waals surface area contributed by atoms with Crippen molar-refractivity contribution in [3.63, 3.8) is 0 Å². The molecule has 0 saturated carbocycles. The van der Waals surface area contributed by atoms with Gasteiger partial charge in [0.1, 0.15) is 6.61 Å². The lowest BCUT2D eigenvalue weighted by Gasteiger charge is -2.08. The molecule has 2 aromatic rings. The Morgan fingerprint density at radius 2 is 2.24 bits per heavy atom. The molecule has 1 heterocycles. The van der Waals surface area contributed by atoms with E-state index >= 15 is 0 Å². The number of nitrogens with zero attached hydrogens (tertiary/aromatic N) is 1. The molecule has 4 nitrogen and oxygen atoms in total. The zero-order valence-corrected chi connectivity index (χ0v) is 11.5. The number of pyridine rings is 1. The number of carbonyl (C=O) groups is 1. The summed E-state index contributed by atoms with van der Waals surface area (Å²) in [5, 5.41) is 11.0. The van der Waals surface area contributed by atoms with Crippen LogP contribution in [0.3, 0.4) is 0 Å². The zero-order valence-electron chi connectivity index (χ0n) is 10.7. The number of hydrogen-bond acceptors (Lipinski definition) is 3. The van der Waals surface area contributed by atoms with Crippen LogP contribution < -0.4 is 5.32 Å². The van der Waals surface area contributed by atoms with Gasteiger partial charge >= 0.3 is 0 Å². The Morgan fingerprint density at radius 3 is 3.00 bits per heavy atom. The average molecular weight is 305 g/mol. The minimum absolute atomic E-state index is 0.0228. The van der Waals surface area contributed by atoms with Gasteiger partial charge in [-0.25, -0.2) is 4.39 Å². The van der Waals surface area contributed by atoms with Gasteiger partial charge in [0, 0.05) is 12.4 Å². The first-order chi connectivity index (χ1) is 10.1. The van der Waals surface area contributed by atoms with Gasteiger partial charge in [0.15, 0.2) is 5.82 Å². The van der Waals surface area contributed by atoms with Gasteiger partial charge in [0.25, 0.3) is 5.91 Å². The highest BCUT2D eigenvalue weighted by molar-refractivity contribution is 6.31. The molecule has 0 bridgehead atoms. The van der Waals surface area contributed by atoms with Crippen LogP contribution in [-0.4, -0.2) is 22.6 Å². The molecular formula is C15H10ClFN2O2. The molecule has 0 radical (unpaired) electrons. The molecule has 0 spiro atoms. The number of nitrogens with one attached hydrogen (secondary N) is 1. The summed E-state index contributed by atoms with van der Waals surface area (Å²) in [5.41, 5.74) is 0.544. The minimum Gasteiger partial charge on any atom is -0.384 e. The summed E-state index contributed by atoms with van der Waals surface area (Å²) in [4.78, 5) is 16.0. The number of hydrogen-bond donors (Lipinski definition) is 2. The number of halogens is 2. The van der Waals surface area contributed by atoms with E-state index in [1.807, 2.05) is 0 Å². The van der Waals surface area contributed by atoms with Gasteiger partial charge in [0.05, 0.1) is 21.8 Å². The molecule has 21 heavy (non-hydrogen) atoms. The molecule has 1 aromatic heterocycles. The second kappa shape index (κ2) is 6.84. The molecule has 106 valence electrons. The van der Waals surface area contributed by atoms with Gasteiger partial charge in [0.2, 0.25) is 0 Å². The molecule has 0 aliphatic rings. The Morgan fingerprint density at radius 1 is 1.43 bits per heavy atom. The van der Waals surface area contributed by atoms with Crippen LogP contribution in [0.15, 0.2) is 36.7 Å². The highest BCUT2D eigenvalue weighted by Crippen LogP contribution is 2.22. The van der Waals surface area contributed by atoms with Crippen molar-refractivity contribution in [2.45, 2.75) is 0 Å². The maximum Gasteiger partial charge on any atom is 0.257 e. The molecule has 2 N–H and O–H groups in total. The van der Waals surface area contributed by atoms with E-state index in [0.29, 0.717) is 5.56 Å². The monoisotopic (exact) mass is 304 g/mol. The van der Waals surface area contributed by atoms with E-state index in [9.17, 15) is 9.18 Å². The third kappa shape index (κ3) is 3.57. The van der Waals surface area contributed by atoms with E-state index in [0.717, 1.165) is 0 Å². The number of rotatable bonds is 2. The largest absolute Gasteiger partial charge is 0.384 e. The predicted octanol–water partition coefficient (Wildman–Crippen LogP) is 2.47. The summed E-state index contributed by atoms with van der Waals surface area (Å²) >= 11 is 5.66. The molecule has 0 fully saturated rings. The summed E-state index contributed by atoms with van der Waals surface area (Å²) in [6, 6.07) is 5.77. The van der Waals surface area contributed by atoms with Gasteiger partial charge in [-0.3, -0.25) is 9.78 Å². The number of carbonyl (C=O) groups excluding carboxylic acids is 1. The molecule has 2 rings (SSSR count). The second-order valence-corrected chi connectivity index (χ2v) is 4.34. The van der Waals surface area contributed by atoms with Crippen LogP contribution in [0.2, 0.25) is 5.02 Å². The lowest BCUT2D eigenvalue weighted by atomic mass is 10.1. The highest BCUT2D eigenvalue weighted by Gasteiger charge is 2.13. The van der Waals surface area contributed by atoms with Crippen LogP contribution in [0.4, 0.5) is 10.1 Å². The van der Waals surface area contributed by atoms with Crippen molar-refractivity contribution < 1.29 is 14.3 Å². The Labute approximate surface area is 125 Å². The summed E-state index contributed by atoms with van der Waals surface area (Å²) in [6.45, 7) is -0.334. The number of anilines is 1. The highest BCUT2D eigenvalue weighted by atomic mass is 35.5. The van der Waals surface area contributed by atoms with E-state index < -0.39 is 11.7 Å². The molecule has 0 aliphatic carbocycles. The molecule has 6 heteroatoms. The summed E-state index contributed by atoms with van der Waals surface area (Å²) in [5.74, 6) is 3.80. The smallest absolute Gasteiger partial charge is 0.257 e. The van der Waals surface area contributed by atoms with Crippen molar-refractivity contribution in [3.05, 3.63) is 58.6 Å². The van der Waals surface area contributed by atoms with Gasteiger partial charge < -0.3 is 10.4 Å². The summed E-state index contributed by atoms with van der Waals surface area (Å²) < 4.78 is 13.8. The standard InChI is InChI=1S/C15H10ClFN2O2/c16-12-4-1-5-13(14(12)17)19-15(21)11-6-7-18-9-10(11)3-2-8-20/h1,4-7,9,20H,8H2,(H,19,21). The maximum atomic E-state index is 13.8. The number of aliphatic hydroxyl groups excluding tert-OH is 1. The SMILES string of the molecule is O=C(Nc1cccc(Cl)c1F)c1ccncc1C#CCO. The van der Waals surface area contributed by atoms with Crippen molar-refractivity contribution >= 4 is 23.2 Å². The molecule has 1 aromatic carbocycles. The van der Waals surface area contributed by atoms with E-state index in [2.05, 4.69) is 22.1 Å². The zero-order chi connectivity index (χ0) is 15.2. The predicted molar refractivity (Wildman–Crippen MR) is 77.6 cm³/mol. The molecule has 1 amide bonds. The first kappa shape index (κ1) is 15.0. The lowest BCUT2D eigenvalue weighted by Crippen LogP contribution is -2.14. The topological polar surface area (TPSA) is 62.2 Å². The van der Waals surface area contributed by atoms with Gasteiger partial charge in [-0.1, -0.05) is 29.5 Å². The van der Waals surface area contributed by atoms with Crippen molar-refractivity contribution in [2.24, 2.45) is 0 Å². The number of amides is 1. The van der Waals surface area contributed by atoms with Crippen molar-refractivity contribution in [1.82, 2.24) is 4.98 Å². The van der Waals surface area contributed by atoms with Gasteiger partial charge in [-0.05, 0) is 18.2 Å². The van der Waals surface area contributed by atoms with E-state index in [1.54, 1.807) is 0 Å². The van der Waals surface area contributed by atoms with Crippen molar-refractivity contribution in [2.75, 3.05) is 11.9 Å². The van der Waals surface area contributed by atoms with E-state index in [4.69, 9.17) is 16.7 Å². The molecule has 0 unspecified atom stereocenters. The maximum absolute atomic E-state index is 13.8. The van der Waals surface area contributed by atoms with Crippen LogP contribution in [-0.2, 0) is 0 Å². The third-order valence-electron chi connectivity index (χ3n) is 2.57. The Bertz CT molecular complexity index is 738. The lowest BCUT2D eigenvalue weighted by molar-refractivity contribution is 0.102. The van der Waals surface area contributed by atoms with Crippen molar-refractivity contribution in [1.29, 1.82) is 0 Å². The normalized spacial score (nSPS) is 9.67. The molecule has 0 aliphatic heterocycles. The quantitative estimate of drug-likeness (QED) is 0.838. The average Bonchev–Trinajstić information content (AvgIpc) is 2.50. The fourth-order valence-electron chi connectivity index (χ4n) is 1.62. The van der Waals surface area contributed by atoms with Crippen LogP contribution >= 0.6 is 11.6 Å². The number of aromatic nitrogens is 1. The Kier molecular flexibility index (Phi) is 4.88. The van der Waals surface area contributed by atoms with Crippen molar-refractivity contribution in [3.8, 4) is 11.8 Å². The first-order valence-corrected chi connectivity index (χ1v) is 6.30. The van der Waals surface area contributed by atoms with E-state index in [-0.39, 0.29) is 22.9 Å². The Hall–Kier alpha value is -2.42. The van der Waals surface area contributed by atoms with Crippen LogP contribution in [0.25, 0.3) is 0 Å². The number of benzene rings is 1. The second-order valence-electron chi connectivity index (χ2n) is 3.94. The fourth-order valence-corrected chi connectivity index (χ4v) is 1.79. The number of aliphatic hydroxyl groups is 1. The molecule has 0 atom stereocenters. The fraction of sp³-hybridized carbons (Fsp3) is 0.0667. The molecular weight excluding hydrogens is 295 g/mol. The summed E-state index contributed by atoms with van der Waals surface area (Å²) in [6.07, 6.45) is 2.82.